The molecule has 2 aromatic heterocycles. The fourth-order valence-corrected chi connectivity index (χ4v) is 4.34. The molecule has 0 aliphatic carbocycles. The molecule has 0 bridgehead atoms. The molecule has 0 unspecified atom stereocenters. The van der Waals surface area contributed by atoms with Gasteiger partial charge in [0.05, 0.1) is 17.2 Å². The fraction of sp³-hybridized carbons (Fsp3) is 0.304. The molecule has 0 amide bonds. The van der Waals surface area contributed by atoms with Gasteiger partial charge >= 0.3 is 0 Å². The Morgan fingerprint density at radius 2 is 1.93 bits per heavy atom. The molecule has 0 radical (unpaired) electrons. The van der Waals surface area contributed by atoms with Crippen molar-refractivity contribution < 1.29 is 4.74 Å². The number of nitriles is 1. The third-order valence-electron chi connectivity index (χ3n) is 5.05. The van der Waals surface area contributed by atoms with Crippen molar-refractivity contribution in [3.8, 4) is 33.6 Å². The minimum absolute atomic E-state index is 0.408. The van der Waals surface area contributed by atoms with Crippen LogP contribution in [0.2, 0.25) is 0 Å². The molecule has 1 fully saturated rings. The highest BCUT2D eigenvalue weighted by atomic mass is 32.1. The van der Waals surface area contributed by atoms with Gasteiger partial charge in [-0.25, -0.2) is 4.98 Å². The molecule has 1 aliphatic heterocycles. The van der Waals surface area contributed by atoms with Gasteiger partial charge in [-0.3, -0.25) is 0 Å². The number of hydrogen-bond acceptors (Lipinski definition) is 5. The van der Waals surface area contributed by atoms with Crippen molar-refractivity contribution in [3.05, 3.63) is 53.4 Å². The van der Waals surface area contributed by atoms with E-state index < -0.39 is 0 Å². The lowest BCUT2D eigenvalue weighted by Crippen LogP contribution is -2.29. The van der Waals surface area contributed by atoms with Crippen molar-refractivity contribution in [1.29, 1.82) is 5.26 Å². The first-order valence-corrected chi connectivity index (χ1v) is 10.7. The van der Waals surface area contributed by atoms with Crippen molar-refractivity contribution >= 4 is 17.0 Å². The number of benzene rings is 1. The number of aromatic nitrogens is 1. The molecule has 0 atom stereocenters. The van der Waals surface area contributed by atoms with E-state index in [4.69, 9.17) is 4.74 Å². The largest absolute Gasteiger partial charge is 0.477 e. The summed E-state index contributed by atoms with van der Waals surface area (Å²) in [5, 5.41) is 11.8. The van der Waals surface area contributed by atoms with Crippen LogP contribution in [0.4, 0.5) is 5.69 Å². The SMILES string of the molecule is CCOc1nc(-c2cccs2)cc(-c2ccc(N3CCCCC3)cc2)c1C#N. The third kappa shape index (κ3) is 3.74. The molecule has 4 nitrogen and oxygen atoms in total. The van der Waals surface area contributed by atoms with E-state index in [2.05, 4.69) is 40.2 Å². The number of hydrogen-bond donors (Lipinski definition) is 0. The first-order chi connectivity index (χ1) is 13.8. The number of nitrogens with zero attached hydrogens (tertiary/aromatic N) is 3. The van der Waals surface area contributed by atoms with Crippen molar-refractivity contribution in [3.63, 3.8) is 0 Å². The number of rotatable bonds is 5. The normalized spacial score (nSPS) is 13.9. The predicted octanol–water partition coefficient (Wildman–Crippen LogP) is 5.74. The number of piperidine rings is 1. The van der Waals surface area contributed by atoms with Crippen LogP contribution in [0, 0.1) is 11.3 Å². The van der Waals surface area contributed by atoms with Gasteiger partial charge in [-0.15, -0.1) is 11.3 Å². The first-order valence-electron chi connectivity index (χ1n) is 9.77. The van der Waals surface area contributed by atoms with Crippen LogP contribution in [-0.2, 0) is 0 Å². The van der Waals surface area contributed by atoms with Crippen molar-refractivity contribution in [2.45, 2.75) is 26.2 Å². The van der Waals surface area contributed by atoms with Crippen LogP contribution in [0.5, 0.6) is 5.88 Å². The van der Waals surface area contributed by atoms with Gasteiger partial charge < -0.3 is 9.64 Å². The molecule has 4 rings (SSSR count). The molecule has 3 aromatic rings. The summed E-state index contributed by atoms with van der Waals surface area (Å²) >= 11 is 1.63. The summed E-state index contributed by atoms with van der Waals surface area (Å²) in [6.07, 6.45) is 3.84. The van der Waals surface area contributed by atoms with E-state index in [-0.39, 0.29) is 0 Å². The Bertz CT molecular complexity index is 968. The summed E-state index contributed by atoms with van der Waals surface area (Å²) in [7, 11) is 0. The maximum Gasteiger partial charge on any atom is 0.232 e. The standard InChI is InChI=1S/C23H23N3OS/c1-2-27-23-20(16-24)19(15-21(25-23)22-7-6-14-28-22)17-8-10-18(11-9-17)26-12-4-3-5-13-26/h6-11,14-15H,2-5,12-13H2,1H3. The van der Waals surface area contributed by atoms with Crippen LogP contribution in [-0.4, -0.2) is 24.7 Å². The monoisotopic (exact) mass is 389 g/mol. The summed E-state index contributed by atoms with van der Waals surface area (Å²) in [4.78, 5) is 8.11. The minimum atomic E-state index is 0.408. The molecule has 3 heterocycles. The molecule has 1 saturated heterocycles. The Kier molecular flexibility index (Phi) is 5.59. The van der Waals surface area contributed by atoms with Crippen molar-refractivity contribution in [2.24, 2.45) is 0 Å². The second-order valence-electron chi connectivity index (χ2n) is 6.85. The first kappa shape index (κ1) is 18.5. The summed E-state index contributed by atoms with van der Waals surface area (Å²) in [6, 6.07) is 16.9. The van der Waals surface area contributed by atoms with Crippen LogP contribution >= 0.6 is 11.3 Å². The average Bonchev–Trinajstić information content (AvgIpc) is 3.29. The molecule has 1 aromatic carbocycles. The minimum Gasteiger partial charge on any atom is -0.477 e. The maximum absolute atomic E-state index is 9.79. The predicted molar refractivity (Wildman–Crippen MR) is 115 cm³/mol. The lowest BCUT2D eigenvalue weighted by Gasteiger charge is -2.28. The fourth-order valence-electron chi connectivity index (χ4n) is 3.65. The highest BCUT2D eigenvalue weighted by molar-refractivity contribution is 7.13. The van der Waals surface area contributed by atoms with E-state index >= 15 is 0 Å². The Morgan fingerprint density at radius 3 is 2.57 bits per heavy atom. The summed E-state index contributed by atoms with van der Waals surface area (Å²) in [5.74, 6) is 0.408. The zero-order valence-electron chi connectivity index (χ0n) is 16.0. The van der Waals surface area contributed by atoms with Crippen LogP contribution in [0.25, 0.3) is 21.7 Å². The second-order valence-corrected chi connectivity index (χ2v) is 7.80. The molecule has 5 heteroatoms. The summed E-state index contributed by atoms with van der Waals surface area (Å²) in [6.45, 7) is 4.63. The molecule has 1 aliphatic rings. The zero-order chi connectivity index (χ0) is 19.3. The summed E-state index contributed by atoms with van der Waals surface area (Å²) < 4.78 is 5.71. The molecular weight excluding hydrogens is 366 g/mol. The number of pyridine rings is 1. The average molecular weight is 390 g/mol. The van der Waals surface area contributed by atoms with Crippen molar-refractivity contribution in [1.82, 2.24) is 4.98 Å². The van der Waals surface area contributed by atoms with E-state index in [0.29, 0.717) is 18.1 Å². The zero-order valence-corrected chi connectivity index (χ0v) is 16.8. The van der Waals surface area contributed by atoms with Crippen LogP contribution < -0.4 is 9.64 Å². The molecule has 142 valence electrons. The third-order valence-corrected chi connectivity index (χ3v) is 5.94. The maximum atomic E-state index is 9.79. The number of thiophene rings is 1. The lowest BCUT2D eigenvalue weighted by molar-refractivity contribution is 0.326. The Morgan fingerprint density at radius 1 is 1.14 bits per heavy atom. The molecule has 0 saturated carbocycles. The number of ether oxygens (including phenoxy) is 1. The van der Waals surface area contributed by atoms with E-state index in [1.54, 1.807) is 11.3 Å². The van der Waals surface area contributed by atoms with Gasteiger partial charge in [0.1, 0.15) is 11.6 Å². The van der Waals surface area contributed by atoms with Crippen LogP contribution in [0.3, 0.4) is 0 Å². The summed E-state index contributed by atoms with van der Waals surface area (Å²) in [5.41, 5.74) is 4.47. The Labute approximate surface area is 170 Å². The van der Waals surface area contributed by atoms with E-state index in [0.717, 1.165) is 34.8 Å². The lowest BCUT2D eigenvalue weighted by atomic mass is 9.99. The quantitative estimate of drug-likeness (QED) is 0.558. The van der Waals surface area contributed by atoms with Crippen LogP contribution in [0.1, 0.15) is 31.7 Å². The van der Waals surface area contributed by atoms with E-state index in [1.807, 2.05) is 30.5 Å². The van der Waals surface area contributed by atoms with Gasteiger partial charge in [0.25, 0.3) is 0 Å². The van der Waals surface area contributed by atoms with E-state index in [1.165, 1.54) is 24.9 Å². The van der Waals surface area contributed by atoms with Crippen LogP contribution in [0.15, 0.2) is 47.8 Å². The molecule has 0 N–H and O–H groups in total. The topological polar surface area (TPSA) is 49.1 Å². The number of anilines is 1. The van der Waals surface area contributed by atoms with Gasteiger partial charge in [0.15, 0.2) is 0 Å². The van der Waals surface area contributed by atoms with Crippen molar-refractivity contribution in [2.75, 3.05) is 24.6 Å². The van der Waals surface area contributed by atoms with E-state index in [9.17, 15) is 5.26 Å². The highest BCUT2D eigenvalue weighted by Gasteiger charge is 2.17. The smallest absolute Gasteiger partial charge is 0.232 e. The van der Waals surface area contributed by atoms with Gasteiger partial charge in [-0.1, -0.05) is 18.2 Å². The van der Waals surface area contributed by atoms with Gasteiger partial charge in [-0.2, -0.15) is 5.26 Å². The molecule has 0 spiro atoms. The van der Waals surface area contributed by atoms with Gasteiger partial charge in [-0.05, 0) is 61.4 Å². The second kappa shape index (κ2) is 8.45. The molecule has 28 heavy (non-hydrogen) atoms. The Balaban J connectivity index is 1.76. The highest BCUT2D eigenvalue weighted by Crippen LogP contribution is 2.35. The Hall–Kier alpha value is -2.84. The van der Waals surface area contributed by atoms with Gasteiger partial charge in [0.2, 0.25) is 5.88 Å². The molecular formula is C23H23N3OS. The van der Waals surface area contributed by atoms with Gasteiger partial charge in [0, 0.05) is 24.3 Å².